The standard InChI is InChI=1S/C35H53NO10/c1-18-8-10-26-20(3)28(38-30-34(26)24(18)12-14-32(6,40-30)43-45-34)16-23(36-42-22(5)37)17-29-21(4)27-11-9-19(2)25-13-15-33(7)41-31(39-29)35(25,27)46-44-33/h18-21,24-31H,8-17H2,1-7H3/t18-,19-,20-,21-,24+,25+,26+,27+,28-,29-,30-,31-,32+,33+,34-,35-/m1/s1. The molecule has 8 saturated heterocycles. The van der Waals surface area contributed by atoms with Crippen LogP contribution in [0.3, 0.4) is 0 Å². The normalized spacial score (nSPS) is 55.4. The van der Waals surface area contributed by atoms with Gasteiger partial charge >= 0.3 is 5.97 Å². The molecule has 0 radical (unpaired) electrons. The van der Waals surface area contributed by atoms with Crippen molar-refractivity contribution in [2.24, 2.45) is 52.5 Å². The van der Waals surface area contributed by atoms with Crippen LogP contribution in [0.15, 0.2) is 5.16 Å². The lowest BCUT2D eigenvalue weighted by Gasteiger charge is -2.61. The van der Waals surface area contributed by atoms with Gasteiger partial charge in [0.15, 0.2) is 23.8 Å². The van der Waals surface area contributed by atoms with Crippen LogP contribution in [0.5, 0.6) is 0 Å². The molecule has 10 fully saturated rings. The molecular formula is C35H53NO10. The minimum absolute atomic E-state index is 0.142. The molecule has 10 aliphatic rings. The lowest BCUT2D eigenvalue weighted by molar-refractivity contribution is -0.571. The molecule has 0 aromatic heterocycles. The highest BCUT2D eigenvalue weighted by atomic mass is 17.3. The van der Waals surface area contributed by atoms with Crippen LogP contribution in [-0.4, -0.2) is 59.2 Å². The van der Waals surface area contributed by atoms with Crippen molar-refractivity contribution in [1.82, 2.24) is 0 Å². The number of nitrogens with zero attached hydrogens (tertiary/aromatic N) is 1. The summed E-state index contributed by atoms with van der Waals surface area (Å²) in [4.78, 5) is 42.1. The van der Waals surface area contributed by atoms with E-state index >= 15 is 0 Å². The molecule has 16 atom stereocenters. The summed E-state index contributed by atoms with van der Waals surface area (Å²) in [7, 11) is 0. The van der Waals surface area contributed by atoms with E-state index in [0.29, 0.717) is 36.5 Å². The van der Waals surface area contributed by atoms with Crippen molar-refractivity contribution in [3.8, 4) is 0 Å². The highest BCUT2D eigenvalue weighted by molar-refractivity contribution is 5.85. The zero-order valence-electron chi connectivity index (χ0n) is 28.5. The van der Waals surface area contributed by atoms with Gasteiger partial charge in [-0.15, -0.1) is 0 Å². The summed E-state index contributed by atoms with van der Waals surface area (Å²) in [6.45, 7) is 14.4. The molecule has 0 aromatic rings. The van der Waals surface area contributed by atoms with E-state index in [4.69, 9.17) is 43.3 Å². The predicted octanol–water partition coefficient (Wildman–Crippen LogP) is 6.19. The maximum absolute atomic E-state index is 12.0. The van der Waals surface area contributed by atoms with E-state index in [-0.39, 0.29) is 35.9 Å². The quantitative estimate of drug-likeness (QED) is 0.148. The molecule has 258 valence electrons. The van der Waals surface area contributed by atoms with Crippen LogP contribution in [0, 0.1) is 47.3 Å². The summed E-state index contributed by atoms with van der Waals surface area (Å²) in [5, 5.41) is 4.44. The van der Waals surface area contributed by atoms with Crippen LogP contribution in [0.4, 0.5) is 0 Å². The van der Waals surface area contributed by atoms with Gasteiger partial charge < -0.3 is 23.8 Å². The number of hydrogen-bond donors (Lipinski definition) is 0. The second-order valence-corrected chi connectivity index (χ2v) is 16.5. The Morgan fingerprint density at radius 1 is 0.674 bits per heavy atom. The molecule has 11 heteroatoms. The molecular weight excluding hydrogens is 594 g/mol. The fourth-order valence-electron chi connectivity index (χ4n) is 11.2. The van der Waals surface area contributed by atoms with Crippen LogP contribution < -0.4 is 0 Å². The molecule has 0 unspecified atom stereocenters. The van der Waals surface area contributed by atoms with Crippen molar-refractivity contribution in [3.05, 3.63) is 0 Å². The van der Waals surface area contributed by atoms with Gasteiger partial charge in [0.2, 0.25) is 11.6 Å². The second-order valence-electron chi connectivity index (χ2n) is 16.5. The molecule has 11 nitrogen and oxygen atoms in total. The molecule has 0 N–H and O–H groups in total. The molecule has 2 saturated carbocycles. The summed E-state index contributed by atoms with van der Waals surface area (Å²) < 4.78 is 27.0. The van der Waals surface area contributed by atoms with E-state index < -0.39 is 41.3 Å². The van der Waals surface area contributed by atoms with Crippen molar-refractivity contribution < 1.29 is 48.1 Å². The Morgan fingerprint density at radius 3 is 1.57 bits per heavy atom. The summed E-state index contributed by atoms with van der Waals surface area (Å²) in [6.07, 6.45) is 7.30. The van der Waals surface area contributed by atoms with Gasteiger partial charge in [-0.2, -0.15) is 0 Å². The number of fused-ring (bicyclic) bond motifs is 4. The van der Waals surface area contributed by atoms with Crippen LogP contribution in [0.2, 0.25) is 0 Å². The first-order valence-electron chi connectivity index (χ1n) is 18.0. The van der Waals surface area contributed by atoms with E-state index in [2.05, 4.69) is 32.9 Å². The van der Waals surface area contributed by atoms with Crippen molar-refractivity contribution in [2.75, 3.05) is 0 Å². The Kier molecular flexibility index (Phi) is 7.78. The first-order valence-corrected chi connectivity index (χ1v) is 18.0. The van der Waals surface area contributed by atoms with Gasteiger partial charge in [0.1, 0.15) is 0 Å². The largest absolute Gasteiger partial charge is 0.345 e. The van der Waals surface area contributed by atoms with Crippen molar-refractivity contribution >= 4 is 11.7 Å². The maximum Gasteiger partial charge on any atom is 0.331 e. The SMILES string of the molecule is CC(=O)ON=C(C[C@H]1O[C@@H]2O[C@]3(C)CC[C@H]4[C@H](C)CC[C@@H]([C@H]1C)[C@@]24OO3)C[C@H]1O[C@@H]2O[C@]3(C)CC[C@H]4[C@H](C)CC[C@@H]([C@H]1C)[C@@]24OO3. The number of rotatable bonds is 5. The van der Waals surface area contributed by atoms with Crippen LogP contribution in [0.1, 0.15) is 113 Å². The van der Waals surface area contributed by atoms with Gasteiger partial charge in [-0.1, -0.05) is 32.9 Å². The fourth-order valence-corrected chi connectivity index (χ4v) is 11.2. The number of carbonyl (C=O) groups excluding carboxylic acids is 1. The second kappa shape index (κ2) is 11.2. The molecule has 0 aromatic carbocycles. The Morgan fingerprint density at radius 2 is 1.13 bits per heavy atom. The van der Waals surface area contributed by atoms with Crippen molar-refractivity contribution in [3.63, 3.8) is 0 Å². The summed E-state index contributed by atoms with van der Waals surface area (Å²) in [6, 6.07) is 0. The number of oxime groups is 1. The average molecular weight is 648 g/mol. The highest BCUT2D eigenvalue weighted by Crippen LogP contribution is 2.62. The zero-order valence-corrected chi connectivity index (χ0v) is 28.5. The molecule has 2 aliphatic carbocycles. The Balaban J connectivity index is 1.06. The van der Waals surface area contributed by atoms with Crippen LogP contribution in [-0.2, 0) is 48.1 Å². The third-order valence-electron chi connectivity index (χ3n) is 13.8. The first-order chi connectivity index (χ1) is 21.9. The monoisotopic (exact) mass is 647 g/mol. The molecule has 10 rings (SSSR count). The average Bonchev–Trinajstić information content (AvgIpc) is 3.38. The zero-order chi connectivity index (χ0) is 32.2. The Labute approximate surface area is 272 Å². The maximum atomic E-state index is 12.0. The van der Waals surface area contributed by atoms with E-state index in [0.717, 1.165) is 57.1 Å². The van der Waals surface area contributed by atoms with E-state index in [1.165, 1.54) is 6.92 Å². The molecule has 8 heterocycles. The van der Waals surface area contributed by atoms with Gasteiger partial charge in [0.25, 0.3) is 0 Å². The number of ether oxygens (including phenoxy) is 4. The first kappa shape index (κ1) is 32.0. The third kappa shape index (κ3) is 4.73. The van der Waals surface area contributed by atoms with Crippen molar-refractivity contribution in [2.45, 2.75) is 160 Å². The van der Waals surface area contributed by atoms with Crippen LogP contribution >= 0.6 is 0 Å². The van der Waals surface area contributed by atoms with Crippen LogP contribution in [0.25, 0.3) is 0 Å². The lowest BCUT2D eigenvalue weighted by Crippen LogP contribution is -2.70. The lowest BCUT2D eigenvalue weighted by atomic mass is 9.57. The Hall–Kier alpha value is -1.18. The minimum Gasteiger partial charge on any atom is -0.345 e. The predicted molar refractivity (Wildman–Crippen MR) is 162 cm³/mol. The minimum atomic E-state index is -0.839. The van der Waals surface area contributed by atoms with Crippen molar-refractivity contribution in [1.29, 1.82) is 0 Å². The molecule has 46 heavy (non-hydrogen) atoms. The Bertz CT molecular complexity index is 1170. The van der Waals surface area contributed by atoms with E-state index in [9.17, 15) is 4.79 Å². The summed E-state index contributed by atoms with van der Waals surface area (Å²) >= 11 is 0. The number of hydrogen-bond acceptors (Lipinski definition) is 11. The van der Waals surface area contributed by atoms with Gasteiger partial charge in [0.05, 0.1) is 17.9 Å². The molecule has 8 aliphatic heterocycles. The third-order valence-corrected chi connectivity index (χ3v) is 13.8. The summed E-state index contributed by atoms with van der Waals surface area (Å²) in [5.74, 6) is 0.142. The van der Waals surface area contributed by atoms with Gasteiger partial charge in [-0.3, -0.25) is 0 Å². The molecule has 0 amide bonds. The summed E-state index contributed by atoms with van der Waals surface area (Å²) in [5.41, 5.74) is -0.522. The van der Waals surface area contributed by atoms with E-state index in [1.54, 1.807) is 0 Å². The fraction of sp³-hybridized carbons (Fsp3) is 0.943. The molecule has 2 spiro atoms. The van der Waals surface area contributed by atoms with Gasteiger partial charge in [0, 0.05) is 44.4 Å². The highest BCUT2D eigenvalue weighted by Gasteiger charge is 2.71. The topological polar surface area (TPSA) is 113 Å². The van der Waals surface area contributed by atoms with E-state index in [1.807, 2.05) is 13.8 Å². The smallest absolute Gasteiger partial charge is 0.331 e. The molecule has 4 bridgehead atoms. The van der Waals surface area contributed by atoms with Gasteiger partial charge in [-0.05, 0) is 87.9 Å². The number of carbonyl (C=O) groups is 1. The van der Waals surface area contributed by atoms with Gasteiger partial charge in [-0.25, -0.2) is 24.3 Å².